The first-order valence-corrected chi connectivity index (χ1v) is 53.8. The summed E-state index contributed by atoms with van der Waals surface area (Å²) >= 11 is 0. The molecule has 0 N–H and O–H groups in total. The summed E-state index contributed by atoms with van der Waals surface area (Å²) in [5.41, 5.74) is 19.6. The third kappa shape index (κ3) is 18.2. The summed E-state index contributed by atoms with van der Waals surface area (Å²) in [6.07, 6.45) is 0. The van der Waals surface area contributed by atoms with Crippen LogP contribution in [0.4, 0.5) is 28.4 Å². The van der Waals surface area contributed by atoms with Crippen molar-refractivity contribution in [2.24, 2.45) is 0 Å². The summed E-state index contributed by atoms with van der Waals surface area (Å²) in [5.74, 6) is 0. The average molecular weight is 1960 g/mol. The minimum atomic E-state index is -2.90. The summed E-state index contributed by atoms with van der Waals surface area (Å²) in [4.78, 5) is 18.9. The van der Waals surface area contributed by atoms with Crippen LogP contribution < -0.4 is 62.2 Å². The second-order valence-electron chi connectivity index (χ2n) is 35.8. The number of nitrogens with zero attached hydrogens (tertiary/aromatic N) is 9. The molecule has 0 aliphatic carbocycles. The topological polar surface area (TPSA) is 60.4 Å². The highest BCUT2D eigenvalue weighted by molar-refractivity contribution is 7.21. The van der Waals surface area contributed by atoms with E-state index in [2.05, 4.69) is 493 Å². The molecule has 0 radical (unpaired) electrons. The van der Waals surface area contributed by atoms with Crippen molar-refractivity contribution >= 4 is 180 Å². The molecule has 21 aromatic carbocycles. The molecular weight excluding hydrogens is 1860 g/mol. The summed E-state index contributed by atoms with van der Waals surface area (Å²) in [5, 5.41) is 32.2. The van der Waals surface area contributed by atoms with E-state index in [0.29, 0.717) is 34.0 Å². The van der Waals surface area contributed by atoms with Crippen molar-refractivity contribution in [1.29, 1.82) is 5.26 Å². The van der Waals surface area contributed by atoms with Crippen molar-refractivity contribution in [3.05, 3.63) is 590 Å². The number of nitriles is 1. The van der Waals surface area contributed by atoms with Gasteiger partial charge in [-0.2, -0.15) is 5.26 Å². The van der Waals surface area contributed by atoms with E-state index >= 15 is 0 Å². The first kappa shape index (κ1) is 101. The Balaban J connectivity index is 0.000000150. The van der Waals surface area contributed by atoms with Gasteiger partial charge in [-0.05, 0) is 210 Å². The fourth-order valence-corrected chi connectivity index (χ4v) is 36.4. The molecule has 0 atom stereocenters. The molecule has 9 nitrogen and oxygen atoms in total. The van der Waals surface area contributed by atoms with Gasteiger partial charge >= 0.3 is 0 Å². The van der Waals surface area contributed by atoms with E-state index in [1.807, 2.05) is 78.9 Å². The molecule has 3 heterocycles. The van der Waals surface area contributed by atoms with Crippen molar-refractivity contribution < 1.29 is 0 Å². The molecule has 0 amide bonds. The molecule has 0 saturated heterocycles. The zero-order valence-corrected chi connectivity index (χ0v) is 81.3. The van der Waals surface area contributed by atoms with Gasteiger partial charge in [0.15, 0.2) is 52.7 Å². The monoisotopic (exact) mass is 1960 g/mol. The molecule has 0 aliphatic rings. The van der Waals surface area contributed by atoms with Gasteiger partial charge in [0.25, 0.3) is 0 Å². The highest BCUT2D eigenvalue weighted by Crippen LogP contribution is 2.41. The third-order valence-corrected chi connectivity index (χ3v) is 42.5. The zero-order valence-electron chi connectivity index (χ0n) is 78.3. The second-order valence-corrected chi connectivity index (χ2v) is 47.2. The Hall–Kier alpha value is -19.4. The number of hydrogen-bond donors (Lipinski definition) is 0. The standard InChI is InChI=1S/3C44H29N3Si.5CH4/c1-45-33-25-29-43-41(30-33)40-20-12-13-21-42(40)47(43)35-26-22-32(23-27-35)39-28-24-34(46-2)31-44(39)48(36-14-6-3-7-15-36,37-16-8-4-9-17-37)38-18-10-5-11-19-38;1-45-34-24-27-44-42(31-34)41-20-12-13-21-43(41)47(44)36-25-22-32(23-26-36)33-28-35(46-2)30-40(29-33)48(37-14-6-3-7-15-37,38-16-8-4-9-17-38)39-18-10-5-11-19-39;1-46-34-23-28-44-42(30-34)41-19-11-12-20-43(41)47(44)35-24-21-32(22-25-35)40-27-26-39(29-33(40)31-45)48(36-13-5-2-6-14-36,37-15-7-3-8-16-37)38-17-9-4-10-18-38;;;;;/h2*3-31H;2-30H;5*1H4. The average Bonchev–Trinajstić information content (AvgIpc) is 1.73. The summed E-state index contributed by atoms with van der Waals surface area (Å²) in [6, 6.07) is 188. The van der Waals surface area contributed by atoms with Crippen LogP contribution in [0.3, 0.4) is 0 Å². The predicted octanol–water partition coefficient (Wildman–Crippen LogP) is 29.3. The summed E-state index contributed by atoms with van der Waals surface area (Å²) in [7, 11) is -8.45. The first-order valence-electron chi connectivity index (χ1n) is 47.8. The Morgan fingerprint density at radius 1 is 0.181 bits per heavy atom. The van der Waals surface area contributed by atoms with E-state index < -0.39 is 24.2 Å². The maximum Gasteiger partial charge on any atom is 0.188 e. The fourth-order valence-electron chi connectivity index (χ4n) is 21.8. The van der Waals surface area contributed by atoms with E-state index in [4.69, 9.17) is 32.9 Å². The SMILES string of the molecule is C.C.C.C.C.[C-]#[N+]c1cc(-c2ccc(-n3c4ccccc4c4cc([N+]#[C-])ccc43)cc2)cc([Si](c2ccccc2)(c2ccccc2)c2ccccc2)c1.[C-]#[N+]c1ccc(-c2ccc(-n3c4ccccc4c4cc([N+]#[C-])ccc43)cc2)c([Si](c2ccccc2)(c2ccccc2)c2ccccc2)c1.[C-]#[N+]c1ccc2c(c1)c1ccccc1n2-c1ccc(-c2ccc([Si](c3ccccc3)(c3ccccc3)c3ccccc3)cc2C#N)cc1. The van der Waals surface area contributed by atoms with Crippen LogP contribution in [-0.2, 0) is 0 Å². The van der Waals surface area contributed by atoms with Crippen LogP contribution in [0.25, 0.3) is 140 Å². The molecule has 12 heteroatoms. The van der Waals surface area contributed by atoms with Gasteiger partial charge in [0.1, 0.15) is 0 Å². The molecule has 3 aromatic heterocycles. The second kappa shape index (κ2) is 44.2. The lowest BCUT2D eigenvalue weighted by Crippen LogP contribution is -2.75. The molecule has 0 aliphatic heterocycles. The molecule has 712 valence electrons. The van der Waals surface area contributed by atoms with Gasteiger partial charge in [-0.15, -0.1) is 0 Å². The molecular formula is C137H107N9Si3. The van der Waals surface area contributed by atoms with E-state index in [9.17, 15) is 5.26 Å². The Labute approximate surface area is 876 Å². The summed E-state index contributed by atoms with van der Waals surface area (Å²) < 4.78 is 6.79. The Kier molecular flexibility index (Phi) is 30.0. The van der Waals surface area contributed by atoms with E-state index in [1.54, 1.807) is 0 Å². The molecule has 0 fully saturated rings. The van der Waals surface area contributed by atoms with Crippen LogP contribution in [0, 0.1) is 44.2 Å². The molecule has 24 rings (SSSR count). The lowest BCUT2D eigenvalue weighted by atomic mass is 10.00. The van der Waals surface area contributed by atoms with Gasteiger partial charge in [0.05, 0.1) is 77.6 Å². The first-order chi connectivity index (χ1) is 71.1. The highest BCUT2D eigenvalue weighted by atomic mass is 28.3. The lowest BCUT2D eigenvalue weighted by molar-refractivity contribution is 1.18. The van der Waals surface area contributed by atoms with Crippen LogP contribution in [-0.4, -0.2) is 37.9 Å². The maximum absolute atomic E-state index is 10.6. The maximum atomic E-state index is 10.6. The van der Waals surface area contributed by atoms with Crippen molar-refractivity contribution in [3.8, 4) is 56.5 Å². The Morgan fingerprint density at radius 2 is 0.436 bits per heavy atom. The van der Waals surface area contributed by atoms with E-state index in [0.717, 1.165) is 116 Å². The van der Waals surface area contributed by atoms with Crippen LogP contribution >= 0.6 is 0 Å². The van der Waals surface area contributed by atoms with E-state index in [1.165, 1.54) is 62.2 Å². The molecule has 0 spiro atoms. The van der Waals surface area contributed by atoms with Crippen LogP contribution in [0.5, 0.6) is 0 Å². The molecule has 0 saturated carbocycles. The van der Waals surface area contributed by atoms with E-state index in [-0.39, 0.29) is 37.1 Å². The number of rotatable bonds is 18. The molecule has 0 bridgehead atoms. The van der Waals surface area contributed by atoms with Gasteiger partial charge in [0, 0.05) is 33.2 Å². The third-order valence-electron chi connectivity index (χ3n) is 28.1. The number of para-hydroxylation sites is 3. The number of fused-ring (bicyclic) bond motifs is 9. The number of benzene rings is 21. The highest BCUT2D eigenvalue weighted by Gasteiger charge is 2.46. The minimum Gasteiger partial charge on any atom is -0.309 e. The number of aromatic nitrogens is 3. The predicted molar refractivity (Wildman–Crippen MR) is 639 cm³/mol. The Morgan fingerprint density at radius 3 is 0.745 bits per heavy atom. The van der Waals surface area contributed by atoms with Crippen LogP contribution in [0.2, 0.25) is 0 Å². The zero-order chi connectivity index (χ0) is 97.5. The smallest absolute Gasteiger partial charge is 0.188 e. The van der Waals surface area contributed by atoms with Gasteiger partial charge in [-0.25, -0.2) is 24.2 Å². The Bertz CT molecular complexity index is 8930. The minimum absolute atomic E-state index is 0. The van der Waals surface area contributed by atoms with Gasteiger partial charge < -0.3 is 13.7 Å². The number of hydrogen-bond acceptors (Lipinski definition) is 1. The lowest BCUT2D eigenvalue weighted by Gasteiger charge is -2.36. The molecule has 0 unspecified atom stereocenters. The normalized spacial score (nSPS) is 10.9. The van der Waals surface area contributed by atoms with Gasteiger partial charge in [-0.3, -0.25) is 0 Å². The largest absolute Gasteiger partial charge is 0.309 e. The van der Waals surface area contributed by atoms with Crippen molar-refractivity contribution in [2.75, 3.05) is 0 Å². The van der Waals surface area contributed by atoms with Crippen molar-refractivity contribution in [2.45, 2.75) is 37.1 Å². The summed E-state index contributed by atoms with van der Waals surface area (Å²) in [6.45, 7) is 38.8. The van der Waals surface area contributed by atoms with Crippen molar-refractivity contribution in [1.82, 2.24) is 13.7 Å². The van der Waals surface area contributed by atoms with Crippen LogP contribution in [0.1, 0.15) is 42.7 Å². The molecule has 24 aromatic rings. The van der Waals surface area contributed by atoms with Crippen molar-refractivity contribution in [3.63, 3.8) is 0 Å². The van der Waals surface area contributed by atoms with Gasteiger partial charge in [0.2, 0.25) is 0 Å². The van der Waals surface area contributed by atoms with Gasteiger partial charge in [-0.1, -0.05) is 467 Å². The molecule has 149 heavy (non-hydrogen) atoms. The quantitative estimate of drug-likeness (QED) is 0.0480. The fraction of sp³-hybridized carbons (Fsp3) is 0.0365. The van der Waals surface area contributed by atoms with Crippen LogP contribution in [0.15, 0.2) is 528 Å².